The quantitative estimate of drug-likeness (QED) is 0.361. The fraction of sp³-hybridized carbons (Fsp3) is 0.0870. The molecule has 0 heterocycles. The summed E-state index contributed by atoms with van der Waals surface area (Å²) in [6.07, 6.45) is 3.80. The summed E-state index contributed by atoms with van der Waals surface area (Å²) in [5.41, 5.74) is 3.95. The highest BCUT2D eigenvalue weighted by Gasteiger charge is 2.09. The number of rotatable bonds is 6. The predicted molar refractivity (Wildman–Crippen MR) is 109 cm³/mol. The molecular formula is C23H20ClNO. The minimum Gasteiger partial charge on any atom is -0.383 e. The summed E-state index contributed by atoms with van der Waals surface area (Å²) in [4.78, 5) is 5.86. The standard InChI is InChI=1S/C23H20ClNO/c1-18(20-13-15-22(24)16-14-20)25-26-23(21-10-6-3-7-11-21)17-12-19-8-4-2-5-9-19/h2-17,23H,1H3/b17-12+,25-18+/t23-/m0/s1. The van der Waals surface area contributed by atoms with Crippen molar-refractivity contribution in [2.75, 3.05) is 0 Å². The molecule has 3 rings (SSSR count). The van der Waals surface area contributed by atoms with Gasteiger partial charge in [0.1, 0.15) is 0 Å². The van der Waals surface area contributed by atoms with Crippen molar-refractivity contribution in [2.45, 2.75) is 13.0 Å². The lowest BCUT2D eigenvalue weighted by atomic mass is 10.1. The van der Waals surface area contributed by atoms with Crippen molar-refractivity contribution in [1.82, 2.24) is 0 Å². The number of nitrogens with zero attached hydrogens (tertiary/aromatic N) is 1. The lowest BCUT2D eigenvalue weighted by Gasteiger charge is -2.12. The molecule has 0 unspecified atom stereocenters. The fourth-order valence-electron chi connectivity index (χ4n) is 2.49. The van der Waals surface area contributed by atoms with Crippen molar-refractivity contribution >= 4 is 23.4 Å². The van der Waals surface area contributed by atoms with E-state index in [4.69, 9.17) is 16.4 Å². The number of hydrogen-bond acceptors (Lipinski definition) is 2. The van der Waals surface area contributed by atoms with Crippen LogP contribution in [0.25, 0.3) is 6.08 Å². The molecule has 3 aromatic carbocycles. The highest BCUT2D eigenvalue weighted by atomic mass is 35.5. The summed E-state index contributed by atoms with van der Waals surface area (Å²) < 4.78 is 0. The Bertz CT molecular complexity index is 871. The van der Waals surface area contributed by atoms with E-state index in [2.05, 4.69) is 17.3 Å². The summed E-state index contributed by atoms with van der Waals surface area (Å²) in [6, 6.07) is 27.8. The summed E-state index contributed by atoms with van der Waals surface area (Å²) >= 11 is 5.94. The van der Waals surface area contributed by atoms with Crippen LogP contribution in [0.3, 0.4) is 0 Å². The van der Waals surface area contributed by atoms with Crippen molar-refractivity contribution in [3.63, 3.8) is 0 Å². The molecular weight excluding hydrogens is 342 g/mol. The third-order valence-electron chi connectivity index (χ3n) is 3.96. The molecule has 2 nitrogen and oxygen atoms in total. The highest BCUT2D eigenvalue weighted by Crippen LogP contribution is 2.21. The van der Waals surface area contributed by atoms with Gasteiger partial charge in [-0.3, -0.25) is 0 Å². The SMILES string of the molecule is C/C(=N\O[C@@H](/C=C/c1ccccc1)c1ccccc1)c1ccc(Cl)cc1. The number of benzene rings is 3. The Morgan fingerprint density at radius 1 is 0.885 bits per heavy atom. The van der Waals surface area contributed by atoms with Crippen molar-refractivity contribution in [3.8, 4) is 0 Å². The molecule has 0 aromatic heterocycles. The Kier molecular flexibility index (Phi) is 6.24. The minimum absolute atomic E-state index is 0.265. The van der Waals surface area contributed by atoms with E-state index in [1.165, 1.54) is 0 Å². The van der Waals surface area contributed by atoms with Gasteiger partial charge in [0.2, 0.25) is 0 Å². The Labute approximate surface area is 159 Å². The van der Waals surface area contributed by atoms with Crippen molar-refractivity contribution in [1.29, 1.82) is 0 Å². The maximum absolute atomic E-state index is 5.94. The molecule has 0 aliphatic carbocycles. The predicted octanol–water partition coefficient (Wildman–Crippen LogP) is 6.54. The van der Waals surface area contributed by atoms with E-state index in [0.717, 1.165) is 22.4 Å². The van der Waals surface area contributed by atoms with E-state index in [1.807, 2.05) is 91.9 Å². The molecule has 3 aromatic rings. The van der Waals surface area contributed by atoms with Crippen LogP contribution in [0.15, 0.2) is 96.2 Å². The van der Waals surface area contributed by atoms with E-state index >= 15 is 0 Å². The largest absolute Gasteiger partial charge is 0.383 e. The van der Waals surface area contributed by atoms with Crippen LogP contribution in [0, 0.1) is 0 Å². The zero-order valence-corrected chi connectivity index (χ0v) is 15.3. The second kappa shape index (κ2) is 9.02. The zero-order valence-electron chi connectivity index (χ0n) is 14.5. The lowest BCUT2D eigenvalue weighted by molar-refractivity contribution is 0.0934. The van der Waals surface area contributed by atoms with Gasteiger partial charge in [0.15, 0.2) is 6.10 Å². The normalized spacial score (nSPS) is 12.9. The summed E-state index contributed by atoms with van der Waals surface area (Å²) in [7, 11) is 0. The summed E-state index contributed by atoms with van der Waals surface area (Å²) in [5.74, 6) is 0. The van der Waals surface area contributed by atoms with Crippen molar-refractivity contribution < 1.29 is 4.84 Å². The third-order valence-corrected chi connectivity index (χ3v) is 4.21. The average molecular weight is 362 g/mol. The smallest absolute Gasteiger partial charge is 0.171 e. The van der Waals surface area contributed by atoms with Crippen molar-refractivity contribution in [3.05, 3.63) is 113 Å². The van der Waals surface area contributed by atoms with Gasteiger partial charge in [0.05, 0.1) is 5.71 Å². The maximum atomic E-state index is 5.94. The van der Waals surface area contributed by atoms with Gasteiger partial charge in [0.25, 0.3) is 0 Å². The van der Waals surface area contributed by atoms with Crippen LogP contribution in [0.1, 0.15) is 29.7 Å². The van der Waals surface area contributed by atoms with Gasteiger partial charge in [-0.2, -0.15) is 0 Å². The van der Waals surface area contributed by atoms with Crippen LogP contribution in [-0.2, 0) is 4.84 Å². The van der Waals surface area contributed by atoms with Gasteiger partial charge in [0, 0.05) is 5.02 Å². The molecule has 130 valence electrons. The number of halogens is 1. The molecule has 0 bridgehead atoms. The van der Waals surface area contributed by atoms with Gasteiger partial charge >= 0.3 is 0 Å². The van der Waals surface area contributed by atoms with E-state index in [9.17, 15) is 0 Å². The van der Waals surface area contributed by atoms with Gasteiger partial charge in [-0.25, -0.2) is 0 Å². The Morgan fingerprint density at radius 2 is 1.50 bits per heavy atom. The zero-order chi connectivity index (χ0) is 18.2. The van der Waals surface area contributed by atoms with Gasteiger partial charge in [-0.1, -0.05) is 95.6 Å². The topological polar surface area (TPSA) is 21.6 Å². The first-order valence-electron chi connectivity index (χ1n) is 8.47. The van der Waals surface area contributed by atoms with Crippen LogP contribution >= 0.6 is 11.6 Å². The van der Waals surface area contributed by atoms with Gasteiger partial charge in [-0.15, -0.1) is 0 Å². The van der Waals surface area contributed by atoms with Gasteiger partial charge in [-0.05, 0) is 41.8 Å². The molecule has 0 N–H and O–H groups in total. The van der Waals surface area contributed by atoms with Crippen molar-refractivity contribution in [2.24, 2.45) is 5.16 Å². The Balaban J connectivity index is 1.80. The van der Waals surface area contributed by atoms with Crippen LogP contribution in [0.4, 0.5) is 0 Å². The van der Waals surface area contributed by atoms with Crippen LogP contribution in [0.5, 0.6) is 0 Å². The average Bonchev–Trinajstić information content (AvgIpc) is 2.70. The second-order valence-corrected chi connectivity index (χ2v) is 6.33. The van der Waals surface area contributed by atoms with E-state index in [-0.39, 0.29) is 6.10 Å². The lowest BCUT2D eigenvalue weighted by Crippen LogP contribution is -2.01. The van der Waals surface area contributed by atoms with Crippen LogP contribution in [-0.4, -0.2) is 5.71 Å². The van der Waals surface area contributed by atoms with Crippen LogP contribution in [0.2, 0.25) is 5.02 Å². The molecule has 0 radical (unpaired) electrons. The van der Waals surface area contributed by atoms with E-state index in [0.29, 0.717) is 5.02 Å². The Morgan fingerprint density at radius 3 is 2.15 bits per heavy atom. The molecule has 0 saturated heterocycles. The minimum atomic E-state index is -0.265. The number of hydrogen-bond donors (Lipinski definition) is 0. The molecule has 0 amide bonds. The molecule has 0 spiro atoms. The van der Waals surface area contributed by atoms with Crippen LogP contribution < -0.4 is 0 Å². The first kappa shape index (κ1) is 18.0. The second-order valence-electron chi connectivity index (χ2n) is 5.89. The molecule has 3 heteroatoms. The third kappa shape index (κ3) is 5.08. The highest BCUT2D eigenvalue weighted by molar-refractivity contribution is 6.30. The molecule has 1 atom stereocenters. The number of oxime groups is 1. The van der Waals surface area contributed by atoms with Gasteiger partial charge < -0.3 is 4.84 Å². The molecule has 0 aliphatic heterocycles. The van der Waals surface area contributed by atoms with E-state index < -0.39 is 0 Å². The molecule has 0 saturated carbocycles. The van der Waals surface area contributed by atoms with E-state index in [1.54, 1.807) is 0 Å². The summed E-state index contributed by atoms with van der Waals surface area (Å²) in [5, 5.41) is 5.04. The Hall–Kier alpha value is -2.84. The fourth-order valence-corrected chi connectivity index (χ4v) is 2.62. The summed E-state index contributed by atoms with van der Waals surface area (Å²) in [6.45, 7) is 1.92. The first-order valence-corrected chi connectivity index (χ1v) is 8.85. The monoisotopic (exact) mass is 361 g/mol. The molecule has 0 aliphatic rings. The maximum Gasteiger partial charge on any atom is 0.171 e. The molecule has 0 fully saturated rings. The first-order chi connectivity index (χ1) is 12.7. The molecule has 26 heavy (non-hydrogen) atoms.